The highest BCUT2D eigenvalue weighted by molar-refractivity contribution is 8.00. The Hall–Kier alpha value is -1.98. The molecule has 0 saturated heterocycles. The fraction of sp³-hybridized carbons (Fsp3) is 0.263. The molecule has 2 rings (SSSR count). The highest BCUT2D eigenvalue weighted by Crippen LogP contribution is 2.26. The van der Waals surface area contributed by atoms with Crippen molar-refractivity contribution in [2.45, 2.75) is 30.9 Å². The van der Waals surface area contributed by atoms with Crippen molar-refractivity contribution in [2.24, 2.45) is 0 Å². The lowest BCUT2D eigenvalue weighted by atomic mass is 10.1. The van der Waals surface area contributed by atoms with E-state index in [0.717, 1.165) is 10.5 Å². The summed E-state index contributed by atoms with van der Waals surface area (Å²) < 4.78 is 5.00. The number of ether oxygens (including phenoxy) is 1. The van der Waals surface area contributed by atoms with Crippen LogP contribution in [0.4, 0.5) is 5.69 Å². The third kappa shape index (κ3) is 5.51. The summed E-state index contributed by atoms with van der Waals surface area (Å²) in [6.07, 6.45) is 0. The monoisotopic (exact) mass is 377 g/mol. The average molecular weight is 378 g/mol. The number of amides is 1. The smallest absolute Gasteiger partial charge is 0.338 e. The van der Waals surface area contributed by atoms with Crippen molar-refractivity contribution in [3.8, 4) is 0 Å². The van der Waals surface area contributed by atoms with Crippen molar-refractivity contribution in [1.82, 2.24) is 0 Å². The molecule has 0 heterocycles. The van der Waals surface area contributed by atoms with Crippen molar-refractivity contribution < 1.29 is 14.3 Å². The number of carbonyl (C=O) groups excluding carboxylic acids is 2. The van der Waals surface area contributed by atoms with Crippen LogP contribution in [0.15, 0.2) is 47.4 Å². The SMILES string of the molecule is CCOC(=O)c1ccc(C)c(NC(=O)[C@H](C)Sc2ccc(Cl)cc2)c1. The van der Waals surface area contributed by atoms with Gasteiger partial charge in [-0.2, -0.15) is 0 Å². The molecule has 1 N–H and O–H groups in total. The summed E-state index contributed by atoms with van der Waals surface area (Å²) in [5.41, 5.74) is 1.91. The van der Waals surface area contributed by atoms with Gasteiger partial charge in [0, 0.05) is 15.6 Å². The highest BCUT2D eigenvalue weighted by Gasteiger charge is 2.17. The van der Waals surface area contributed by atoms with E-state index in [0.29, 0.717) is 22.9 Å². The molecule has 0 aliphatic rings. The average Bonchev–Trinajstić information content (AvgIpc) is 2.59. The van der Waals surface area contributed by atoms with Crippen molar-refractivity contribution in [1.29, 1.82) is 0 Å². The van der Waals surface area contributed by atoms with E-state index in [2.05, 4.69) is 5.32 Å². The molecule has 4 nitrogen and oxygen atoms in total. The zero-order valence-corrected chi connectivity index (χ0v) is 15.9. The standard InChI is InChI=1S/C19H20ClNO3S/c1-4-24-19(23)14-6-5-12(2)17(11-14)21-18(22)13(3)25-16-9-7-15(20)8-10-16/h5-11,13H,4H2,1-3H3,(H,21,22)/t13-/m0/s1. The van der Waals surface area contributed by atoms with Gasteiger partial charge in [0.05, 0.1) is 17.4 Å². The first-order chi connectivity index (χ1) is 11.9. The molecule has 2 aromatic carbocycles. The second-order valence-electron chi connectivity index (χ2n) is 5.45. The van der Waals surface area contributed by atoms with Gasteiger partial charge in [-0.25, -0.2) is 4.79 Å². The quantitative estimate of drug-likeness (QED) is 0.572. The number of carbonyl (C=O) groups is 2. The van der Waals surface area contributed by atoms with Gasteiger partial charge in [-0.15, -0.1) is 11.8 Å². The maximum atomic E-state index is 12.5. The highest BCUT2D eigenvalue weighted by atomic mass is 35.5. The molecule has 0 saturated carbocycles. The predicted octanol–water partition coefficient (Wildman–Crippen LogP) is 4.94. The maximum absolute atomic E-state index is 12.5. The molecule has 132 valence electrons. The number of rotatable bonds is 6. The molecule has 25 heavy (non-hydrogen) atoms. The van der Waals surface area contributed by atoms with E-state index in [1.54, 1.807) is 37.3 Å². The Kier molecular flexibility index (Phi) is 6.91. The van der Waals surface area contributed by atoms with Crippen LogP contribution in [0.5, 0.6) is 0 Å². The molecule has 1 amide bonds. The van der Waals surface area contributed by atoms with Crippen LogP contribution in [-0.2, 0) is 9.53 Å². The molecule has 0 unspecified atom stereocenters. The lowest BCUT2D eigenvalue weighted by Gasteiger charge is -2.14. The van der Waals surface area contributed by atoms with Gasteiger partial charge in [-0.1, -0.05) is 17.7 Å². The topological polar surface area (TPSA) is 55.4 Å². The van der Waals surface area contributed by atoms with Gasteiger partial charge in [-0.3, -0.25) is 4.79 Å². The lowest BCUT2D eigenvalue weighted by Crippen LogP contribution is -2.23. The first-order valence-electron chi connectivity index (χ1n) is 7.91. The predicted molar refractivity (Wildman–Crippen MR) is 103 cm³/mol. The Morgan fingerprint density at radius 3 is 2.52 bits per heavy atom. The normalized spacial score (nSPS) is 11.7. The van der Waals surface area contributed by atoms with E-state index in [1.165, 1.54) is 11.8 Å². The fourth-order valence-electron chi connectivity index (χ4n) is 2.10. The Balaban J connectivity index is 2.07. The van der Waals surface area contributed by atoms with E-state index in [4.69, 9.17) is 16.3 Å². The molecule has 0 fully saturated rings. The van der Waals surface area contributed by atoms with Gasteiger partial charge in [0.1, 0.15) is 0 Å². The summed E-state index contributed by atoms with van der Waals surface area (Å²) in [6.45, 7) is 5.77. The van der Waals surface area contributed by atoms with Gasteiger partial charge in [0.25, 0.3) is 0 Å². The number of benzene rings is 2. The number of aryl methyl sites for hydroxylation is 1. The van der Waals surface area contributed by atoms with Crippen LogP contribution in [0.1, 0.15) is 29.8 Å². The molecular weight excluding hydrogens is 358 g/mol. The first-order valence-corrected chi connectivity index (χ1v) is 9.17. The van der Waals surface area contributed by atoms with Gasteiger partial charge in [0.15, 0.2) is 0 Å². The minimum atomic E-state index is -0.401. The van der Waals surface area contributed by atoms with Crippen molar-refractivity contribution >= 4 is 40.9 Å². The summed E-state index contributed by atoms with van der Waals surface area (Å²) in [7, 11) is 0. The summed E-state index contributed by atoms with van der Waals surface area (Å²) in [5, 5.41) is 3.25. The van der Waals surface area contributed by atoms with E-state index in [1.807, 2.05) is 26.0 Å². The molecule has 6 heteroatoms. The molecule has 0 spiro atoms. The third-order valence-electron chi connectivity index (χ3n) is 3.50. The number of nitrogens with one attached hydrogen (secondary N) is 1. The van der Waals surface area contributed by atoms with Gasteiger partial charge in [-0.05, 0) is 62.7 Å². The molecule has 2 aromatic rings. The van der Waals surface area contributed by atoms with Crippen molar-refractivity contribution in [3.05, 3.63) is 58.6 Å². The van der Waals surface area contributed by atoms with Crippen LogP contribution in [0.25, 0.3) is 0 Å². The zero-order valence-electron chi connectivity index (χ0n) is 14.3. The summed E-state index contributed by atoms with van der Waals surface area (Å²) in [6, 6.07) is 12.5. The molecular formula is C19H20ClNO3S. The molecule has 0 radical (unpaired) electrons. The van der Waals surface area contributed by atoms with Crippen molar-refractivity contribution in [3.63, 3.8) is 0 Å². The second-order valence-corrected chi connectivity index (χ2v) is 7.30. The number of hydrogen-bond donors (Lipinski definition) is 1. The number of anilines is 1. The Morgan fingerprint density at radius 1 is 1.20 bits per heavy atom. The fourth-order valence-corrected chi connectivity index (χ4v) is 3.10. The molecule has 0 aromatic heterocycles. The Bertz CT molecular complexity index is 762. The maximum Gasteiger partial charge on any atom is 0.338 e. The Labute approximate surface area is 156 Å². The summed E-state index contributed by atoms with van der Waals surface area (Å²) in [4.78, 5) is 25.3. The van der Waals surface area contributed by atoms with Crippen LogP contribution in [0.3, 0.4) is 0 Å². The van der Waals surface area contributed by atoms with E-state index < -0.39 is 5.97 Å². The number of halogens is 1. The third-order valence-corrected chi connectivity index (χ3v) is 4.87. The minimum absolute atomic E-state index is 0.135. The van der Waals surface area contributed by atoms with Crippen molar-refractivity contribution in [2.75, 3.05) is 11.9 Å². The second kappa shape index (κ2) is 8.92. The van der Waals surface area contributed by atoms with Gasteiger partial charge >= 0.3 is 5.97 Å². The molecule has 1 atom stereocenters. The lowest BCUT2D eigenvalue weighted by molar-refractivity contribution is -0.115. The number of thioether (sulfide) groups is 1. The largest absolute Gasteiger partial charge is 0.462 e. The van der Waals surface area contributed by atoms with Gasteiger partial charge < -0.3 is 10.1 Å². The first kappa shape index (κ1) is 19.3. The number of hydrogen-bond acceptors (Lipinski definition) is 4. The van der Waals surface area contributed by atoms with Crippen LogP contribution in [0, 0.1) is 6.92 Å². The summed E-state index contributed by atoms with van der Waals surface area (Å²) >= 11 is 7.31. The van der Waals surface area contributed by atoms with Crippen LogP contribution >= 0.6 is 23.4 Å². The number of esters is 1. The molecule has 0 bridgehead atoms. The Morgan fingerprint density at radius 2 is 1.88 bits per heavy atom. The van der Waals surface area contributed by atoms with E-state index in [-0.39, 0.29) is 11.2 Å². The van der Waals surface area contributed by atoms with Crippen LogP contribution in [-0.4, -0.2) is 23.7 Å². The zero-order chi connectivity index (χ0) is 18.4. The molecule has 0 aliphatic heterocycles. The minimum Gasteiger partial charge on any atom is -0.462 e. The summed E-state index contributed by atoms with van der Waals surface area (Å²) in [5.74, 6) is -0.536. The van der Waals surface area contributed by atoms with Gasteiger partial charge in [0.2, 0.25) is 5.91 Å². The van der Waals surface area contributed by atoms with Crippen LogP contribution < -0.4 is 5.32 Å². The van der Waals surface area contributed by atoms with Crippen LogP contribution in [0.2, 0.25) is 5.02 Å². The van der Waals surface area contributed by atoms with E-state index in [9.17, 15) is 9.59 Å². The molecule has 0 aliphatic carbocycles. The van der Waals surface area contributed by atoms with E-state index >= 15 is 0 Å².